The third-order valence-electron chi connectivity index (χ3n) is 2.94. The minimum absolute atomic E-state index is 0.169. The molecule has 0 unspecified atom stereocenters. The van der Waals surface area contributed by atoms with Crippen molar-refractivity contribution < 1.29 is 8.42 Å². The summed E-state index contributed by atoms with van der Waals surface area (Å²) in [6, 6.07) is 2.06. The first-order chi connectivity index (χ1) is 7.90. The molecule has 0 aliphatic carbocycles. The Bertz CT molecular complexity index is 461. The maximum absolute atomic E-state index is 11.7. The van der Waals surface area contributed by atoms with E-state index in [1.807, 2.05) is 4.68 Å². The molecule has 1 aromatic heterocycles. The summed E-state index contributed by atoms with van der Waals surface area (Å²) in [7, 11) is -2.98. The van der Waals surface area contributed by atoms with Crippen molar-refractivity contribution in [3.63, 3.8) is 0 Å². The van der Waals surface area contributed by atoms with Crippen LogP contribution in [0.3, 0.4) is 0 Å². The van der Waals surface area contributed by atoms with Crippen LogP contribution in [0.2, 0.25) is 0 Å². The van der Waals surface area contributed by atoms with E-state index in [9.17, 15) is 8.42 Å². The zero-order valence-electron chi connectivity index (χ0n) is 11.1. The van der Waals surface area contributed by atoms with E-state index in [4.69, 9.17) is 0 Å². The molecule has 0 aromatic carbocycles. The number of nitrogens with zero attached hydrogens (tertiary/aromatic N) is 2. The Labute approximate surface area is 104 Å². The molecule has 0 fully saturated rings. The van der Waals surface area contributed by atoms with Crippen molar-refractivity contribution in [3.05, 3.63) is 17.5 Å². The lowest BCUT2D eigenvalue weighted by Gasteiger charge is -2.09. The quantitative estimate of drug-likeness (QED) is 0.782. The number of hydrogen-bond donors (Lipinski definition) is 0. The Morgan fingerprint density at radius 2 is 1.94 bits per heavy atom. The number of aromatic nitrogens is 2. The highest BCUT2D eigenvalue weighted by Crippen LogP contribution is 2.08. The largest absolute Gasteiger partial charge is 0.268 e. The van der Waals surface area contributed by atoms with Crippen LogP contribution in [0.1, 0.15) is 39.1 Å². The first kappa shape index (κ1) is 14.2. The van der Waals surface area contributed by atoms with Gasteiger partial charge >= 0.3 is 0 Å². The van der Waals surface area contributed by atoms with E-state index in [-0.39, 0.29) is 11.0 Å². The minimum atomic E-state index is -2.98. The molecule has 1 aromatic rings. The normalized spacial score (nSPS) is 12.3. The summed E-state index contributed by atoms with van der Waals surface area (Å²) < 4.78 is 25.3. The van der Waals surface area contributed by atoms with Crippen LogP contribution in [0.4, 0.5) is 0 Å². The smallest absolute Gasteiger partial charge is 0.154 e. The Balaban J connectivity index is 2.78. The summed E-state index contributed by atoms with van der Waals surface area (Å²) in [5.74, 6) is 0.169. The molecule has 0 spiro atoms. The number of hydrogen-bond acceptors (Lipinski definition) is 3. The van der Waals surface area contributed by atoms with Crippen LogP contribution in [0.15, 0.2) is 6.07 Å². The van der Waals surface area contributed by atoms with Gasteiger partial charge in [0.25, 0.3) is 0 Å². The Morgan fingerprint density at radius 1 is 1.29 bits per heavy atom. The van der Waals surface area contributed by atoms with Crippen molar-refractivity contribution in [3.8, 4) is 0 Å². The Morgan fingerprint density at radius 3 is 2.41 bits per heavy atom. The zero-order chi connectivity index (χ0) is 13.1. The Hall–Kier alpha value is -0.840. The Kier molecular flexibility index (Phi) is 4.74. The van der Waals surface area contributed by atoms with Gasteiger partial charge in [-0.05, 0) is 32.8 Å². The third-order valence-corrected chi connectivity index (χ3v) is 5.13. The van der Waals surface area contributed by atoms with Gasteiger partial charge in [-0.2, -0.15) is 5.10 Å². The highest BCUT2D eigenvalue weighted by Gasteiger charge is 2.17. The number of rotatable bonds is 6. The fraction of sp³-hybridized carbons (Fsp3) is 0.750. The van der Waals surface area contributed by atoms with Crippen LogP contribution in [0.25, 0.3) is 0 Å². The molecular formula is C12H22N2O2S. The summed E-state index contributed by atoms with van der Waals surface area (Å²) in [4.78, 5) is 0. The SMILES string of the molecule is CCc1cc(CC)n(CCS(=O)(=O)C(C)C)n1. The van der Waals surface area contributed by atoms with Crippen molar-refractivity contribution in [2.24, 2.45) is 0 Å². The van der Waals surface area contributed by atoms with E-state index in [1.54, 1.807) is 13.8 Å². The maximum atomic E-state index is 11.7. The average molecular weight is 258 g/mol. The highest BCUT2D eigenvalue weighted by molar-refractivity contribution is 7.91. The van der Waals surface area contributed by atoms with Gasteiger partial charge in [0.2, 0.25) is 0 Å². The standard InChI is InChI=1S/C12H22N2O2S/c1-5-11-9-12(6-2)14(13-11)7-8-17(15,16)10(3)4/h9-10H,5-8H2,1-4H3. The maximum Gasteiger partial charge on any atom is 0.154 e. The van der Waals surface area contributed by atoms with E-state index in [1.165, 1.54) is 0 Å². The van der Waals surface area contributed by atoms with Gasteiger partial charge in [-0.25, -0.2) is 8.42 Å². The van der Waals surface area contributed by atoms with E-state index in [0.717, 1.165) is 24.2 Å². The lowest BCUT2D eigenvalue weighted by Crippen LogP contribution is -2.22. The highest BCUT2D eigenvalue weighted by atomic mass is 32.2. The first-order valence-corrected chi connectivity index (χ1v) is 7.89. The minimum Gasteiger partial charge on any atom is -0.268 e. The van der Waals surface area contributed by atoms with Gasteiger partial charge in [-0.3, -0.25) is 4.68 Å². The van der Waals surface area contributed by atoms with Crippen molar-refractivity contribution in [1.29, 1.82) is 0 Å². The van der Waals surface area contributed by atoms with Crippen molar-refractivity contribution in [2.45, 2.75) is 52.3 Å². The molecular weight excluding hydrogens is 236 g/mol. The molecule has 1 heterocycles. The lowest BCUT2D eigenvalue weighted by molar-refractivity contribution is 0.565. The van der Waals surface area contributed by atoms with Gasteiger partial charge in [0, 0.05) is 5.69 Å². The second-order valence-corrected chi connectivity index (χ2v) is 7.15. The molecule has 0 amide bonds. The van der Waals surface area contributed by atoms with Gasteiger partial charge in [0.15, 0.2) is 9.84 Å². The van der Waals surface area contributed by atoms with Gasteiger partial charge in [0.1, 0.15) is 0 Å². The number of aryl methyl sites for hydroxylation is 3. The molecule has 5 heteroatoms. The average Bonchev–Trinajstić information content (AvgIpc) is 2.68. The molecule has 0 saturated heterocycles. The molecule has 98 valence electrons. The molecule has 17 heavy (non-hydrogen) atoms. The molecule has 1 rings (SSSR count). The molecule has 0 bridgehead atoms. The third kappa shape index (κ3) is 3.56. The van der Waals surface area contributed by atoms with E-state index in [2.05, 4.69) is 25.0 Å². The van der Waals surface area contributed by atoms with Gasteiger partial charge < -0.3 is 0 Å². The molecule has 0 N–H and O–H groups in total. The molecule has 0 radical (unpaired) electrons. The lowest BCUT2D eigenvalue weighted by atomic mass is 10.3. The van der Waals surface area contributed by atoms with Crippen LogP contribution in [0.5, 0.6) is 0 Å². The summed E-state index contributed by atoms with van der Waals surface area (Å²) in [5, 5.41) is 4.10. The van der Waals surface area contributed by atoms with Gasteiger partial charge in [-0.1, -0.05) is 13.8 Å². The van der Waals surface area contributed by atoms with Gasteiger partial charge in [0.05, 0.1) is 23.2 Å². The van der Waals surface area contributed by atoms with E-state index in [0.29, 0.717) is 6.54 Å². The van der Waals surface area contributed by atoms with Crippen molar-refractivity contribution in [1.82, 2.24) is 9.78 Å². The van der Waals surface area contributed by atoms with Crippen LogP contribution in [0, 0.1) is 0 Å². The molecule has 0 aliphatic rings. The van der Waals surface area contributed by atoms with Crippen molar-refractivity contribution in [2.75, 3.05) is 5.75 Å². The van der Waals surface area contributed by atoms with Crippen LogP contribution >= 0.6 is 0 Å². The predicted octanol–water partition coefficient (Wildman–Crippen LogP) is 1.83. The summed E-state index contributed by atoms with van der Waals surface area (Å²) in [6.07, 6.45) is 1.77. The molecule has 0 atom stereocenters. The topological polar surface area (TPSA) is 52.0 Å². The number of sulfone groups is 1. The predicted molar refractivity (Wildman–Crippen MR) is 69.9 cm³/mol. The molecule has 0 aliphatic heterocycles. The second-order valence-electron chi connectivity index (χ2n) is 4.47. The van der Waals surface area contributed by atoms with E-state index < -0.39 is 9.84 Å². The fourth-order valence-corrected chi connectivity index (χ4v) is 2.51. The second kappa shape index (κ2) is 5.67. The van der Waals surface area contributed by atoms with Crippen LogP contribution in [-0.2, 0) is 29.2 Å². The van der Waals surface area contributed by atoms with Crippen LogP contribution in [-0.4, -0.2) is 29.2 Å². The van der Waals surface area contributed by atoms with Crippen LogP contribution < -0.4 is 0 Å². The fourth-order valence-electron chi connectivity index (χ4n) is 1.62. The summed E-state index contributed by atoms with van der Waals surface area (Å²) in [6.45, 7) is 8.01. The monoisotopic (exact) mass is 258 g/mol. The summed E-state index contributed by atoms with van der Waals surface area (Å²) in [5.41, 5.74) is 2.14. The summed E-state index contributed by atoms with van der Waals surface area (Å²) >= 11 is 0. The first-order valence-electron chi connectivity index (χ1n) is 6.17. The van der Waals surface area contributed by atoms with Crippen molar-refractivity contribution >= 4 is 9.84 Å². The molecule has 4 nitrogen and oxygen atoms in total. The zero-order valence-corrected chi connectivity index (χ0v) is 11.9. The molecule has 0 saturated carbocycles. The van der Waals surface area contributed by atoms with Gasteiger partial charge in [-0.15, -0.1) is 0 Å². The van der Waals surface area contributed by atoms with E-state index >= 15 is 0 Å².